The van der Waals surface area contributed by atoms with Crippen LogP contribution in [0, 0.1) is 13.8 Å². The predicted octanol–water partition coefficient (Wildman–Crippen LogP) is -5.51. The van der Waals surface area contributed by atoms with E-state index in [-0.39, 0.29) is 134 Å². The van der Waals surface area contributed by atoms with Crippen molar-refractivity contribution >= 4 is 111 Å². The molecular formula is C46H33N10Na3O13S3. The molecule has 0 amide bonds. The molecule has 0 saturated heterocycles. The zero-order valence-corrected chi connectivity index (χ0v) is 48.4. The van der Waals surface area contributed by atoms with Crippen molar-refractivity contribution in [2.45, 2.75) is 18.7 Å². The Bertz CT molecular complexity index is 3860. The van der Waals surface area contributed by atoms with E-state index in [1.54, 1.807) is 44.2 Å². The monoisotopic (exact) mass is 1100 g/mol. The van der Waals surface area contributed by atoms with Crippen molar-refractivity contribution in [2.75, 3.05) is 21.7 Å². The van der Waals surface area contributed by atoms with E-state index in [1.165, 1.54) is 48.6 Å². The number of aryl methyl sites for hydroxylation is 2. The number of nitrogens with one attached hydrogen (secondary N) is 4. The number of nitrogens with two attached hydrogens (primary N) is 2. The van der Waals surface area contributed by atoms with Crippen LogP contribution in [0.15, 0.2) is 150 Å². The van der Waals surface area contributed by atoms with E-state index in [2.05, 4.69) is 42.1 Å². The summed E-state index contributed by atoms with van der Waals surface area (Å²) in [7, 11) is -15.9. The molecule has 4 aromatic carbocycles. The topological polar surface area (TPSA) is 389 Å². The number of ketones is 4. The van der Waals surface area contributed by atoms with Gasteiger partial charge in [0.05, 0.1) is 54.4 Å². The Balaban J connectivity index is 0.00000347. The summed E-state index contributed by atoms with van der Waals surface area (Å²) in [6, 6.07) is 15.6. The Labute approximate surface area is 494 Å². The van der Waals surface area contributed by atoms with Crippen LogP contribution < -0.4 is 122 Å². The Morgan fingerprint density at radius 1 is 0.480 bits per heavy atom. The largest absolute Gasteiger partial charge is 1.00 e. The van der Waals surface area contributed by atoms with Crippen molar-refractivity contribution in [1.82, 2.24) is 0 Å². The van der Waals surface area contributed by atoms with Crippen LogP contribution in [0.3, 0.4) is 0 Å². The molecule has 0 aliphatic heterocycles. The maximum Gasteiger partial charge on any atom is 1.00 e. The van der Waals surface area contributed by atoms with Crippen molar-refractivity contribution in [3.63, 3.8) is 0 Å². The Morgan fingerprint density at radius 3 is 1.41 bits per heavy atom. The molecule has 0 radical (unpaired) electrons. The second kappa shape index (κ2) is 23.6. The maximum absolute atomic E-state index is 14.1. The van der Waals surface area contributed by atoms with Gasteiger partial charge in [-0.05, 0) is 132 Å². The Hall–Kier alpha value is -5.79. The fraction of sp³-hybridized carbons (Fsp3) is 0.0435. The minimum atomic E-state index is -5.48. The van der Waals surface area contributed by atoms with Crippen LogP contribution in [0.25, 0.3) is 23.3 Å². The SMILES string of the molecule is Cc1cc(-c2ccc(N/N=C3\C(=O)c4cc(N/N=C5\C=CC(=O)C=C5N)ccc4C=C3S(=O)(=O)[O-])c(C)c2)ccc1N/N=C1/C(=O)c2c(cc(S(=O)(=O)[O-])cc2N/N=C2/C=CC(=O)C=C2N)C=C1S(=O)(=O)[O-].[Na+].[Na+].[Na+]. The number of allylic oxidation sites excluding steroid dienone is 8. The van der Waals surface area contributed by atoms with Crippen LogP contribution in [0.4, 0.5) is 22.7 Å². The molecule has 0 spiro atoms. The average molecular weight is 1100 g/mol. The maximum atomic E-state index is 14.1. The fourth-order valence-corrected chi connectivity index (χ4v) is 9.18. The zero-order valence-electron chi connectivity index (χ0n) is 39.9. The third-order valence-electron chi connectivity index (χ3n) is 10.9. The normalized spacial score (nSPS) is 17.4. The third-order valence-corrected chi connectivity index (χ3v) is 13.4. The molecule has 0 heterocycles. The molecule has 4 aliphatic rings. The van der Waals surface area contributed by atoms with Crippen LogP contribution in [-0.4, -0.2) is 84.9 Å². The molecule has 0 fully saturated rings. The van der Waals surface area contributed by atoms with Crippen LogP contribution >= 0.6 is 0 Å². The number of carbonyl (C=O) groups excluding carboxylic acids is 4. The van der Waals surface area contributed by atoms with Crippen molar-refractivity contribution in [1.29, 1.82) is 0 Å². The number of benzene rings is 4. The summed E-state index contributed by atoms with van der Waals surface area (Å²) in [5.74, 6) is -2.83. The molecule has 0 unspecified atom stereocenters. The Kier molecular flexibility index (Phi) is 18.9. The van der Waals surface area contributed by atoms with Gasteiger partial charge in [0.25, 0.3) is 0 Å². The van der Waals surface area contributed by atoms with Crippen LogP contribution in [0.1, 0.15) is 43.0 Å². The molecule has 0 bridgehead atoms. The first-order chi connectivity index (χ1) is 33.8. The first-order valence-electron chi connectivity index (χ1n) is 20.5. The number of hydrogen-bond acceptors (Lipinski definition) is 23. The van der Waals surface area contributed by atoms with Crippen molar-refractivity contribution < 1.29 is 147 Å². The molecule has 0 aromatic heterocycles. The van der Waals surface area contributed by atoms with Gasteiger partial charge in [-0.15, -0.1) is 0 Å². The standard InChI is InChI=1S/C46H36N10O13S3.3Na/c1-22-13-24(4-9-35(22)50-55-43-40(71(64,65)66)16-26-3-6-28(18-32(26)45(43)59)49-52-37-11-7-29(57)19-33(37)47)25-5-10-36(23(2)14-25)51-56-44-41(72(67,68)69)17-27-15-31(70(61,62)63)21-39(42(27)46(44)60)54-53-38-12-8-30(58)20-34(38)48;;;/h3-21,49-51,54H,47-48H2,1-2H3,(H,61,62,63)(H,64,65,66)(H,67,68,69);;;/q;3*+1/p-3/b52-37+,53-38-,55-43-,56-44+;;;. The van der Waals surface area contributed by atoms with Crippen LogP contribution in [-0.2, 0) is 39.9 Å². The molecule has 0 atom stereocenters. The van der Waals surface area contributed by atoms with Gasteiger partial charge in [0.2, 0.25) is 11.6 Å². The summed E-state index contributed by atoms with van der Waals surface area (Å²) in [6.45, 7) is 3.34. The molecule has 4 aliphatic carbocycles. The second-order valence-corrected chi connectivity index (χ2v) is 19.9. The summed E-state index contributed by atoms with van der Waals surface area (Å²) in [4.78, 5) is 48.2. The van der Waals surface area contributed by atoms with Gasteiger partial charge in [0.1, 0.15) is 53.2 Å². The van der Waals surface area contributed by atoms with Gasteiger partial charge in [0, 0.05) is 17.7 Å². The van der Waals surface area contributed by atoms with Crippen LogP contribution in [0.5, 0.6) is 0 Å². The first-order valence-corrected chi connectivity index (χ1v) is 24.8. The van der Waals surface area contributed by atoms with E-state index in [0.29, 0.717) is 45.8 Å². The van der Waals surface area contributed by atoms with Crippen molar-refractivity contribution in [3.05, 3.63) is 158 Å². The summed E-state index contributed by atoms with van der Waals surface area (Å²) in [5, 5.41) is 16.2. The van der Waals surface area contributed by atoms with Gasteiger partial charge in [-0.2, -0.15) is 20.4 Å². The number of Topliss-reactive ketones (excluding diaryl/α,β-unsaturated/α-hetero) is 2. The van der Waals surface area contributed by atoms with E-state index in [4.69, 9.17) is 11.5 Å². The quantitative estimate of drug-likeness (QED) is 0.0333. The second-order valence-electron chi connectivity index (χ2n) is 15.9. The minimum absolute atomic E-state index is 0. The number of hydrogen-bond donors (Lipinski definition) is 6. The third kappa shape index (κ3) is 13.4. The zero-order chi connectivity index (χ0) is 52.0. The minimum Gasteiger partial charge on any atom is -0.744 e. The molecule has 0 saturated carbocycles. The van der Waals surface area contributed by atoms with Crippen molar-refractivity contribution in [3.8, 4) is 11.1 Å². The Morgan fingerprint density at radius 2 is 0.947 bits per heavy atom. The molecule has 29 heteroatoms. The van der Waals surface area contributed by atoms with E-state index in [9.17, 15) is 58.1 Å². The van der Waals surface area contributed by atoms with E-state index in [0.717, 1.165) is 24.3 Å². The predicted molar refractivity (Wildman–Crippen MR) is 263 cm³/mol. The first kappa shape index (κ1) is 60.1. The number of anilines is 4. The smallest absolute Gasteiger partial charge is 0.744 e. The molecule has 75 heavy (non-hydrogen) atoms. The molecule has 8 N–H and O–H groups in total. The summed E-state index contributed by atoms with van der Waals surface area (Å²) >= 11 is 0. The van der Waals surface area contributed by atoms with Gasteiger partial charge >= 0.3 is 88.7 Å². The molecule has 366 valence electrons. The number of nitrogens with zero attached hydrogens (tertiary/aromatic N) is 4. The van der Waals surface area contributed by atoms with E-state index in [1.807, 2.05) is 0 Å². The molecule has 23 nitrogen and oxygen atoms in total. The van der Waals surface area contributed by atoms with Gasteiger partial charge in [-0.25, -0.2) is 25.3 Å². The number of fused-ring (bicyclic) bond motifs is 2. The average Bonchev–Trinajstić information content (AvgIpc) is 3.29. The number of hydrazone groups is 4. The summed E-state index contributed by atoms with van der Waals surface area (Å²) in [5.41, 5.74) is 22.9. The van der Waals surface area contributed by atoms with Gasteiger partial charge in [-0.1, -0.05) is 18.2 Å². The van der Waals surface area contributed by atoms with Gasteiger partial charge < -0.3 is 25.1 Å². The van der Waals surface area contributed by atoms with E-state index >= 15 is 0 Å². The molecular weight excluding hydrogens is 1070 g/mol. The number of rotatable bonds is 12. The summed E-state index contributed by atoms with van der Waals surface area (Å²) < 4.78 is 111. The molecule has 4 aromatic rings. The number of carbonyl (C=O) groups is 4. The fourth-order valence-electron chi connectivity index (χ4n) is 7.35. The van der Waals surface area contributed by atoms with Gasteiger partial charge in [-0.3, -0.25) is 40.9 Å². The molecule has 8 rings (SSSR count). The van der Waals surface area contributed by atoms with E-state index < -0.39 is 90.6 Å². The van der Waals surface area contributed by atoms with Crippen molar-refractivity contribution in [2.24, 2.45) is 31.9 Å². The summed E-state index contributed by atoms with van der Waals surface area (Å²) in [6.07, 6.45) is 8.97. The van der Waals surface area contributed by atoms with Gasteiger partial charge in [0.15, 0.2) is 11.6 Å². The van der Waals surface area contributed by atoms with Crippen LogP contribution in [0.2, 0.25) is 0 Å².